The quantitative estimate of drug-likeness (QED) is 0.715. The maximum atomic E-state index is 11.9. The average Bonchev–Trinajstić information content (AvgIpc) is 2.50. The van der Waals surface area contributed by atoms with Gasteiger partial charge in [0.15, 0.2) is 0 Å². The van der Waals surface area contributed by atoms with Crippen molar-refractivity contribution in [2.45, 2.75) is 6.54 Å². The third-order valence-electron chi connectivity index (χ3n) is 3.32. The van der Waals surface area contributed by atoms with Crippen molar-refractivity contribution in [3.05, 3.63) is 44.0 Å². The van der Waals surface area contributed by atoms with Gasteiger partial charge in [-0.05, 0) is 33.6 Å². The SMILES string of the molecule is CN(c1c(CNc2nc(Cl)ncc2Br)ccc(=O)n1C)S(C)(=O)=O. The highest BCUT2D eigenvalue weighted by Crippen LogP contribution is 2.24. The lowest BCUT2D eigenvalue weighted by Gasteiger charge is -2.23. The predicted molar refractivity (Wildman–Crippen MR) is 97.0 cm³/mol. The zero-order valence-corrected chi connectivity index (χ0v) is 16.3. The maximum absolute atomic E-state index is 11.9. The molecule has 0 bridgehead atoms. The highest BCUT2D eigenvalue weighted by molar-refractivity contribution is 9.10. The molecule has 2 aromatic rings. The minimum atomic E-state index is -3.53. The number of nitrogens with zero attached hydrogens (tertiary/aromatic N) is 4. The Morgan fingerprint density at radius 3 is 2.71 bits per heavy atom. The average molecular weight is 437 g/mol. The van der Waals surface area contributed by atoms with Crippen molar-refractivity contribution in [2.24, 2.45) is 7.05 Å². The van der Waals surface area contributed by atoms with Crippen LogP contribution in [0.15, 0.2) is 27.6 Å². The van der Waals surface area contributed by atoms with Gasteiger partial charge in [-0.3, -0.25) is 13.7 Å². The molecule has 0 aliphatic rings. The molecule has 0 amide bonds. The van der Waals surface area contributed by atoms with E-state index in [1.807, 2.05) is 0 Å². The number of anilines is 2. The van der Waals surface area contributed by atoms with Crippen LogP contribution in [0.3, 0.4) is 0 Å². The van der Waals surface area contributed by atoms with Gasteiger partial charge in [0.1, 0.15) is 11.6 Å². The van der Waals surface area contributed by atoms with Crippen LogP contribution in [0.2, 0.25) is 5.28 Å². The van der Waals surface area contributed by atoms with Gasteiger partial charge in [-0.15, -0.1) is 0 Å². The lowest BCUT2D eigenvalue weighted by atomic mass is 10.2. The molecule has 11 heteroatoms. The van der Waals surface area contributed by atoms with Crippen molar-refractivity contribution in [2.75, 3.05) is 22.9 Å². The van der Waals surface area contributed by atoms with Crippen LogP contribution in [0, 0.1) is 0 Å². The molecule has 0 aliphatic carbocycles. The molecule has 2 rings (SSSR count). The Balaban J connectivity index is 2.42. The third-order valence-corrected chi connectivity index (χ3v) is 5.25. The van der Waals surface area contributed by atoms with Crippen LogP contribution >= 0.6 is 27.5 Å². The van der Waals surface area contributed by atoms with Gasteiger partial charge in [-0.1, -0.05) is 0 Å². The summed E-state index contributed by atoms with van der Waals surface area (Å²) in [6.07, 6.45) is 2.57. The van der Waals surface area contributed by atoms with Gasteiger partial charge in [-0.25, -0.2) is 13.4 Å². The molecule has 0 unspecified atom stereocenters. The lowest BCUT2D eigenvalue weighted by Crippen LogP contribution is -2.32. The summed E-state index contributed by atoms with van der Waals surface area (Å²) in [5.74, 6) is 0.727. The minimum Gasteiger partial charge on any atom is -0.365 e. The van der Waals surface area contributed by atoms with Crippen LogP contribution in [0.25, 0.3) is 0 Å². The number of halogens is 2. The number of sulfonamides is 1. The molecule has 0 saturated carbocycles. The summed E-state index contributed by atoms with van der Waals surface area (Å²) in [5, 5.41) is 3.12. The fraction of sp³-hybridized carbons (Fsp3) is 0.308. The molecule has 0 radical (unpaired) electrons. The summed E-state index contributed by atoms with van der Waals surface area (Å²) >= 11 is 9.07. The highest BCUT2D eigenvalue weighted by Gasteiger charge is 2.19. The largest absolute Gasteiger partial charge is 0.365 e. The van der Waals surface area contributed by atoms with Crippen LogP contribution in [0.1, 0.15) is 5.56 Å². The van der Waals surface area contributed by atoms with Crippen LogP contribution in [-0.2, 0) is 23.6 Å². The number of aromatic nitrogens is 3. The van der Waals surface area contributed by atoms with E-state index in [4.69, 9.17) is 11.6 Å². The van der Waals surface area contributed by atoms with E-state index < -0.39 is 10.0 Å². The van der Waals surface area contributed by atoms with Gasteiger partial charge in [0.25, 0.3) is 5.56 Å². The first-order chi connectivity index (χ1) is 11.1. The van der Waals surface area contributed by atoms with Gasteiger partial charge >= 0.3 is 0 Å². The normalized spacial score (nSPS) is 11.4. The molecule has 0 saturated heterocycles. The first kappa shape index (κ1) is 18.7. The molecule has 2 heterocycles. The number of nitrogens with one attached hydrogen (secondary N) is 1. The van der Waals surface area contributed by atoms with E-state index in [1.54, 1.807) is 6.07 Å². The lowest BCUT2D eigenvalue weighted by molar-refractivity contribution is 0.598. The summed E-state index contributed by atoms with van der Waals surface area (Å²) in [6, 6.07) is 2.95. The topological polar surface area (TPSA) is 97.2 Å². The van der Waals surface area contributed by atoms with Crippen LogP contribution in [0.5, 0.6) is 0 Å². The van der Waals surface area contributed by atoms with Gasteiger partial charge in [0.2, 0.25) is 15.3 Å². The van der Waals surface area contributed by atoms with Crippen LogP contribution in [0.4, 0.5) is 11.6 Å². The predicted octanol–water partition coefficient (Wildman–Crippen LogP) is 1.60. The van der Waals surface area contributed by atoms with E-state index in [2.05, 4.69) is 31.2 Å². The van der Waals surface area contributed by atoms with Crippen molar-refractivity contribution in [1.29, 1.82) is 0 Å². The summed E-state index contributed by atoms with van der Waals surface area (Å²) in [4.78, 5) is 19.8. The first-order valence-corrected chi connectivity index (χ1v) is 9.68. The van der Waals surface area contributed by atoms with Gasteiger partial charge in [-0.2, -0.15) is 4.98 Å². The van der Waals surface area contributed by atoms with Gasteiger partial charge < -0.3 is 5.32 Å². The molecule has 0 fully saturated rings. The van der Waals surface area contributed by atoms with E-state index in [0.29, 0.717) is 15.9 Å². The molecule has 0 atom stereocenters. The Labute approximate surface area is 152 Å². The molecule has 130 valence electrons. The maximum Gasteiger partial charge on any atom is 0.251 e. The zero-order chi connectivity index (χ0) is 18.1. The number of pyridine rings is 1. The Morgan fingerprint density at radius 1 is 1.42 bits per heavy atom. The fourth-order valence-electron chi connectivity index (χ4n) is 2.04. The van der Waals surface area contributed by atoms with Crippen LogP contribution in [-0.4, -0.2) is 36.3 Å². The number of hydrogen-bond donors (Lipinski definition) is 1. The molecule has 8 nitrogen and oxygen atoms in total. The van der Waals surface area contributed by atoms with E-state index in [-0.39, 0.29) is 23.2 Å². The molecular formula is C13H15BrClN5O3S. The Kier molecular flexibility index (Phi) is 5.51. The number of hydrogen-bond acceptors (Lipinski definition) is 6. The summed E-state index contributed by atoms with van der Waals surface area (Å²) in [5.41, 5.74) is 0.294. The van der Waals surface area contributed by atoms with Crippen molar-refractivity contribution >= 4 is 49.2 Å². The van der Waals surface area contributed by atoms with E-state index >= 15 is 0 Å². The Hall–Kier alpha value is -1.65. The van der Waals surface area contributed by atoms with Crippen molar-refractivity contribution in [3.63, 3.8) is 0 Å². The monoisotopic (exact) mass is 435 g/mol. The minimum absolute atomic E-state index is 0.0784. The summed E-state index contributed by atoms with van der Waals surface area (Å²) in [7, 11) is -0.617. The Bertz CT molecular complexity index is 932. The van der Waals surface area contributed by atoms with Crippen molar-refractivity contribution < 1.29 is 8.42 Å². The molecule has 0 aromatic carbocycles. The molecule has 2 aromatic heterocycles. The van der Waals surface area contributed by atoms with Gasteiger partial charge in [0, 0.05) is 38.5 Å². The van der Waals surface area contributed by atoms with E-state index in [9.17, 15) is 13.2 Å². The molecular weight excluding hydrogens is 422 g/mol. The van der Waals surface area contributed by atoms with E-state index in [0.717, 1.165) is 10.6 Å². The third kappa shape index (κ3) is 4.05. The molecule has 1 N–H and O–H groups in total. The molecule has 0 aliphatic heterocycles. The first-order valence-electron chi connectivity index (χ1n) is 6.66. The summed E-state index contributed by atoms with van der Waals surface area (Å²) in [6.45, 7) is 0.231. The van der Waals surface area contributed by atoms with Crippen molar-refractivity contribution in [3.8, 4) is 0 Å². The second kappa shape index (κ2) is 7.08. The second-order valence-electron chi connectivity index (χ2n) is 5.00. The highest BCUT2D eigenvalue weighted by atomic mass is 79.9. The smallest absolute Gasteiger partial charge is 0.251 e. The molecule has 0 spiro atoms. The Morgan fingerprint density at radius 2 is 2.08 bits per heavy atom. The van der Waals surface area contributed by atoms with E-state index in [1.165, 1.54) is 30.9 Å². The van der Waals surface area contributed by atoms with Gasteiger partial charge in [0.05, 0.1) is 10.7 Å². The zero-order valence-electron chi connectivity index (χ0n) is 13.1. The summed E-state index contributed by atoms with van der Waals surface area (Å²) < 4.78 is 26.7. The fourth-order valence-corrected chi connectivity index (χ4v) is 3.05. The molecule has 24 heavy (non-hydrogen) atoms. The van der Waals surface area contributed by atoms with Crippen LogP contribution < -0.4 is 15.2 Å². The standard InChI is InChI=1S/C13H15BrClN5O3S/c1-19-10(21)5-4-8(12(19)20(2)24(3,22)23)6-16-11-9(14)7-17-13(15)18-11/h4-5,7H,6H2,1-3H3,(H,16,17,18). The second-order valence-corrected chi connectivity index (χ2v) is 8.21. The number of rotatable bonds is 5. The van der Waals surface area contributed by atoms with Crippen molar-refractivity contribution in [1.82, 2.24) is 14.5 Å².